The molecule has 128 valence electrons. The zero-order valence-corrected chi connectivity index (χ0v) is 15.2. The minimum atomic E-state index is -0.172. The largest absolute Gasteiger partial charge is 0.352 e. The van der Waals surface area contributed by atoms with E-state index in [9.17, 15) is 4.79 Å². The van der Waals surface area contributed by atoms with Gasteiger partial charge in [0.1, 0.15) is 0 Å². The smallest absolute Gasteiger partial charge is 0.252 e. The maximum atomic E-state index is 12.0. The summed E-state index contributed by atoms with van der Waals surface area (Å²) >= 11 is 7.86. The second-order valence-electron chi connectivity index (χ2n) is 5.32. The first-order valence-corrected chi connectivity index (χ1v) is 9.15. The number of rotatable bonds is 6. The molecule has 0 unspecified atom stereocenters. The van der Waals surface area contributed by atoms with Gasteiger partial charge in [0.25, 0.3) is 5.91 Å². The Kier molecular flexibility index (Phi) is 5.63. The van der Waals surface area contributed by atoms with Crippen molar-refractivity contribution in [2.24, 2.45) is 0 Å². The third-order valence-electron chi connectivity index (χ3n) is 3.43. The van der Waals surface area contributed by atoms with Crippen molar-refractivity contribution in [3.8, 4) is 10.6 Å². The summed E-state index contributed by atoms with van der Waals surface area (Å²) in [4.78, 5) is 21.8. The van der Waals surface area contributed by atoms with Gasteiger partial charge in [-0.05, 0) is 42.1 Å². The fourth-order valence-electron chi connectivity index (χ4n) is 2.22. The molecule has 25 heavy (non-hydrogen) atoms. The van der Waals surface area contributed by atoms with Crippen LogP contribution in [-0.4, -0.2) is 22.4 Å². The lowest BCUT2D eigenvalue weighted by molar-refractivity contribution is 0.0954. The Balaban J connectivity index is 1.76. The average molecular weight is 373 g/mol. The van der Waals surface area contributed by atoms with Crippen LogP contribution in [0.5, 0.6) is 0 Å². The van der Waals surface area contributed by atoms with Gasteiger partial charge in [-0.15, -0.1) is 11.3 Å². The molecule has 0 aliphatic heterocycles. The second-order valence-corrected chi connectivity index (χ2v) is 6.67. The monoisotopic (exact) mass is 372 g/mol. The number of thiophene rings is 1. The molecule has 0 bridgehead atoms. The summed E-state index contributed by atoms with van der Waals surface area (Å²) < 4.78 is 0. The van der Waals surface area contributed by atoms with Gasteiger partial charge in [0.2, 0.25) is 5.95 Å². The van der Waals surface area contributed by atoms with E-state index < -0.39 is 0 Å². The van der Waals surface area contributed by atoms with E-state index >= 15 is 0 Å². The van der Waals surface area contributed by atoms with Gasteiger partial charge >= 0.3 is 0 Å². The van der Waals surface area contributed by atoms with Crippen molar-refractivity contribution >= 4 is 40.5 Å². The SMILES string of the molecule is CCCNC(=O)c1ccc(Nc2nccc(-c3cccs3)n2)cc1Cl. The van der Waals surface area contributed by atoms with Crippen LogP contribution in [0.15, 0.2) is 48.0 Å². The first kappa shape index (κ1) is 17.4. The van der Waals surface area contributed by atoms with Crippen molar-refractivity contribution in [2.75, 3.05) is 11.9 Å². The molecule has 1 aromatic carbocycles. The zero-order chi connectivity index (χ0) is 17.6. The second kappa shape index (κ2) is 8.09. The van der Waals surface area contributed by atoms with E-state index in [1.165, 1.54) is 0 Å². The van der Waals surface area contributed by atoms with Crippen molar-refractivity contribution < 1.29 is 4.79 Å². The molecule has 2 aromatic heterocycles. The molecule has 0 spiro atoms. The summed E-state index contributed by atoms with van der Waals surface area (Å²) in [7, 11) is 0. The number of nitrogens with one attached hydrogen (secondary N) is 2. The van der Waals surface area contributed by atoms with Gasteiger partial charge in [-0.1, -0.05) is 24.6 Å². The average Bonchev–Trinajstić information content (AvgIpc) is 3.15. The molecule has 3 aromatic rings. The lowest BCUT2D eigenvalue weighted by Gasteiger charge is -2.09. The molecule has 0 aliphatic carbocycles. The maximum absolute atomic E-state index is 12.0. The number of amides is 1. The van der Waals surface area contributed by atoms with Crippen LogP contribution in [0.3, 0.4) is 0 Å². The number of halogens is 1. The van der Waals surface area contributed by atoms with Crippen LogP contribution < -0.4 is 10.6 Å². The maximum Gasteiger partial charge on any atom is 0.252 e. The number of benzene rings is 1. The molecule has 7 heteroatoms. The van der Waals surface area contributed by atoms with Crippen molar-refractivity contribution in [2.45, 2.75) is 13.3 Å². The molecule has 3 rings (SSSR count). The lowest BCUT2D eigenvalue weighted by atomic mass is 10.2. The van der Waals surface area contributed by atoms with E-state index in [0.29, 0.717) is 23.1 Å². The molecule has 0 aliphatic rings. The van der Waals surface area contributed by atoms with Crippen LogP contribution in [0.4, 0.5) is 11.6 Å². The Morgan fingerprint density at radius 2 is 2.16 bits per heavy atom. The highest BCUT2D eigenvalue weighted by Crippen LogP contribution is 2.25. The van der Waals surface area contributed by atoms with Gasteiger partial charge in [0.05, 0.1) is 21.2 Å². The van der Waals surface area contributed by atoms with Crippen LogP contribution in [0.25, 0.3) is 10.6 Å². The van der Waals surface area contributed by atoms with E-state index in [1.54, 1.807) is 35.7 Å². The quantitative estimate of drug-likeness (QED) is 0.655. The molecule has 0 radical (unpaired) electrons. The number of carbonyl (C=O) groups is 1. The van der Waals surface area contributed by atoms with Crippen LogP contribution in [0.1, 0.15) is 23.7 Å². The highest BCUT2D eigenvalue weighted by Gasteiger charge is 2.11. The molecule has 0 fully saturated rings. The van der Waals surface area contributed by atoms with Gasteiger partial charge in [0, 0.05) is 18.4 Å². The molecular formula is C18H17ClN4OS. The molecule has 0 saturated heterocycles. The van der Waals surface area contributed by atoms with Crippen molar-refractivity contribution in [3.05, 3.63) is 58.6 Å². The van der Waals surface area contributed by atoms with E-state index in [2.05, 4.69) is 20.6 Å². The summed E-state index contributed by atoms with van der Waals surface area (Å²) in [6.07, 6.45) is 2.58. The summed E-state index contributed by atoms with van der Waals surface area (Å²) in [5.41, 5.74) is 2.03. The number of hydrogen-bond acceptors (Lipinski definition) is 5. The Morgan fingerprint density at radius 1 is 1.28 bits per heavy atom. The van der Waals surface area contributed by atoms with E-state index in [0.717, 1.165) is 22.7 Å². The first-order valence-electron chi connectivity index (χ1n) is 7.89. The van der Waals surface area contributed by atoms with Crippen LogP contribution >= 0.6 is 22.9 Å². The normalized spacial score (nSPS) is 10.5. The van der Waals surface area contributed by atoms with Gasteiger partial charge in [-0.25, -0.2) is 9.97 Å². The molecular weight excluding hydrogens is 356 g/mol. The third-order valence-corrected chi connectivity index (χ3v) is 4.64. The molecule has 5 nitrogen and oxygen atoms in total. The summed E-state index contributed by atoms with van der Waals surface area (Å²) in [5, 5.41) is 8.33. The molecule has 0 saturated carbocycles. The lowest BCUT2D eigenvalue weighted by Crippen LogP contribution is -2.24. The summed E-state index contributed by atoms with van der Waals surface area (Å²) in [6, 6.07) is 11.0. The van der Waals surface area contributed by atoms with Crippen molar-refractivity contribution in [3.63, 3.8) is 0 Å². The Bertz CT molecular complexity index is 867. The number of anilines is 2. The topological polar surface area (TPSA) is 66.9 Å². The number of aromatic nitrogens is 2. The molecule has 2 heterocycles. The standard InChI is InChI=1S/C18H17ClN4OS/c1-2-8-20-17(24)13-6-5-12(11-14(13)19)22-18-21-9-7-15(23-18)16-4-3-10-25-16/h3-7,9-11H,2,8H2,1H3,(H,20,24)(H,21,22,23). The number of hydrogen-bond donors (Lipinski definition) is 2. The van der Waals surface area contributed by atoms with Gasteiger partial charge < -0.3 is 10.6 Å². The van der Waals surface area contributed by atoms with Gasteiger partial charge in [-0.2, -0.15) is 0 Å². The molecule has 2 N–H and O–H groups in total. The van der Waals surface area contributed by atoms with E-state index in [1.807, 2.05) is 30.5 Å². The highest BCUT2D eigenvalue weighted by atomic mass is 35.5. The first-order chi connectivity index (χ1) is 12.2. The van der Waals surface area contributed by atoms with E-state index in [4.69, 9.17) is 11.6 Å². The zero-order valence-electron chi connectivity index (χ0n) is 13.6. The van der Waals surface area contributed by atoms with E-state index in [-0.39, 0.29) is 5.91 Å². The predicted molar refractivity (Wildman–Crippen MR) is 103 cm³/mol. The summed E-state index contributed by atoms with van der Waals surface area (Å²) in [5.74, 6) is 0.305. The molecule has 1 amide bonds. The number of carbonyl (C=O) groups excluding carboxylic acids is 1. The fraction of sp³-hybridized carbons (Fsp3) is 0.167. The van der Waals surface area contributed by atoms with Crippen molar-refractivity contribution in [1.82, 2.24) is 15.3 Å². The van der Waals surface area contributed by atoms with Gasteiger partial charge in [-0.3, -0.25) is 4.79 Å². The highest BCUT2D eigenvalue weighted by molar-refractivity contribution is 7.13. The minimum Gasteiger partial charge on any atom is -0.352 e. The van der Waals surface area contributed by atoms with Crippen molar-refractivity contribution in [1.29, 1.82) is 0 Å². The number of nitrogens with zero attached hydrogens (tertiary/aromatic N) is 2. The predicted octanol–water partition coefficient (Wildman–Crippen LogP) is 4.74. The Hall–Kier alpha value is -2.44. The Labute approximate surface area is 155 Å². The van der Waals surface area contributed by atoms with Crippen LogP contribution in [-0.2, 0) is 0 Å². The Morgan fingerprint density at radius 3 is 2.88 bits per heavy atom. The molecule has 0 atom stereocenters. The van der Waals surface area contributed by atoms with Crippen LogP contribution in [0, 0.1) is 0 Å². The summed E-state index contributed by atoms with van der Waals surface area (Å²) in [6.45, 7) is 2.62. The van der Waals surface area contributed by atoms with Gasteiger partial charge in [0.15, 0.2) is 0 Å². The minimum absolute atomic E-state index is 0.172. The third kappa shape index (κ3) is 4.35. The fourth-order valence-corrected chi connectivity index (χ4v) is 3.18. The van der Waals surface area contributed by atoms with Crippen LogP contribution in [0.2, 0.25) is 5.02 Å².